The zero-order valence-electron chi connectivity index (χ0n) is 19.4. The Hall–Kier alpha value is -3.91. The molecule has 0 saturated heterocycles. The Kier molecular flexibility index (Phi) is 6.13. The third-order valence-electron chi connectivity index (χ3n) is 5.95. The molecule has 1 unspecified atom stereocenters. The first-order chi connectivity index (χ1) is 16.9. The van der Waals surface area contributed by atoms with Crippen molar-refractivity contribution in [1.82, 2.24) is 15.5 Å². The van der Waals surface area contributed by atoms with Gasteiger partial charge in [0, 0.05) is 16.2 Å². The van der Waals surface area contributed by atoms with Crippen LogP contribution in [0.25, 0.3) is 17.0 Å². The summed E-state index contributed by atoms with van der Waals surface area (Å²) in [4.78, 5) is 20.7. The summed E-state index contributed by atoms with van der Waals surface area (Å²) in [6, 6.07) is 20.9. The molecule has 1 aliphatic heterocycles. The van der Waals surface area contributed by atoms with Gasteiger partial charge < -0.3 is 9.84 Å². The predicted octanol–water partition coefficient (Wildman–Crippen LogP) is 6.61. The second kappa shape index (κ2) is 9.38. The zero-order valence-corrected chi connectivity index (χ0v) is 20.3. The van der Waals surface area contributed by atoms with Crippen LogP contribution in [0.1, 0.15) is 30.0 Å². The largest absolute Gasteiger partial charge is 0.334 e. The van der Waals surface area contributed by atoms with Gasteiger partial charge in [0.05, 0.1) is 17.3 Å². The summed E-state index contributed by atoms with van der Waals surface area (Å²) >= 11 is 1.65. The van der Waals surface area contributed by atoms with E-state index in [0.29, 0.717) is 28.5 Å². The molecule has 0 saturated carbocycles. The number of anilines is 1. The maximum atomic E-state index is 13.4. The molecular weight excluding hydrogens is 463 g/mol. The molecule has 1 aliphatic rings. The van der Waals surface area contributed by atoms with Gasteiger partial charge in [-0.1, -0.05) is 29.4 Å². The number of carbonyl (C=O) groups is 1. The number of carbonyl (C=O) groups excluding carboxylic acids is 1. The number of amides is 2. The van der Waals surface area contributed by atoms with E-state index >= 15 is 0 Å². The van der Waals surface area contributed by atoms with Gasteiger partial charge in [0.1, 0.15) is 5.82 Å². The van der Waals surface area contributed by atoms with Crippen molar-refractivity contribution in [3.05, 3.63) is 101 Å². The fourth-order valence-electron chi connectivity index (χ4n) is 4.19. The lowest BCUT2D eigenvalue weighted by Crippen LogP contribution is -2.46. The molecule has 0 spiro atoms. The number of urea groups is 1. The number of thioether (sulfide) groups is 1. The van der Waals surface area contributed by atoms with E-state index in [4.69, 9.17) is 4.52 Å². The number of hydrogen-bond donors (Lipinski definition) is 1. The van der Waals surface area contributed by atoms with Gasteiger partial charge >= 0.3 is 6.03 Å². The maximum absolute atomic E-state index is 13.4. The van der Waals surface area contributed by atoms with Gasteiger partial charge in [-0.3, -0.25) is 4.90 Å². The van der Waals surface area contributed by atoms with Crippen LogP contribution >= 0.6 is 11.8 Å². The zero-order chi connectivity index (χ0) is 24.5. The van der Waals surface area contributed by atoms with Crippen molar-refractivity contribution in [1.29, 1.82) is 0 Å². The van der Waals surface area contributed by atoms with Crippen molar-refractivity contribution in [2.75, 3.05) is 11.2 Å². The summed E-state index contributed by atoms with van der Waals surface area (Å²) in [6.45, 7) is 3.86. The number of hydrogen-bond acceptors (Lipinski definition) is 5. The molecule has 6 nitrogen and oxygen atoms in total. The fraction of sp³-hybridized carbons (Fsp3) is 0.148. The van der Waals surface area contributed by atoms with Crippen molar-refractivity contribution in [2.45, 2.75) is 24.8 Å². The Morgan fingerprint density at radius 3 is 2.46 bits per heavy atom. The first-order valence-corrected chi connectivity index (χ1v) is 12.3. The average molecular weight is 487 g/mol. The van der Waals surface area contributed by atoms with Crippen LogP contribution in [-0.2, 0) is 0 Å². The highest BCUT2D eigenvalue weighted by atomic mass is 32.2. The first kappa shape index (κ1) is 22.9. The third-order valence-corrected chi connectivity index (χ3v) is 6.70. The molecule has 2 heterocycles. The first-order valence-electron chi connectivity index (χ1n) is 11.1. The van der Waals surface area contributed by atoms with Crippen LogP contribution in [-0.4, -0.2) is 22.4 Å². The van der Waals surface area contributed by atoms with E-state index in [2.05, 4.69) is 15.5 Å². The number of nitrogens with zero attached hydrogens (tertiary/aromatic N) is 3. The molecule has 176 valence electrons. The van der Waals surface area contributed by atoms with Gasteiger partial charge in [0.2, 0.25) is 5.82 Å². The van der Waals surface area contributed by atoms with Crippen LogP contribution in [0.5, 0.6) is 0 Å². The molecule has 1 atom stereocenters. The molecule has 8 heteroatoms. The number of benzene rings is 3. The normalized spacial score (nSPS) is 15.9. The Labute approximate surface area is 206 Å². The van der Waals surface area contributed by atoms with E-state index in [1.165, 1.54) is 12.1 Å². The SMILES string of the molecule is CSc1ccc(C2NC(=O)N(c3cccc(C)c3)C(C)=C2c2nc(-c3ccc(F)cc3)no2)cc1. The molecule has 35 heavy (non-hydrogen) atoms. The molecule has 0 aliphatic carbocycles. The highest BCUT2D eigenvalue weighted by Gasteiger charge is 2.36. The minimum absolute atomic E-state index is 0.242. The van der Waals surface area contributed by atoms with Crippen LogP contribution in [0.15, 0.2) is 87.9 Å². The lowest BCUT2D eigenvalue weighted by Gasteiger charge is -2.35. The second-order valence-electron chi connectivity index (χ2n) is 8.26. The van der Waals surface area contributed by atoms with Crippen molar-refractivity contribution >= 4 is 29.1 Å². The van der Waals surface area contributed by atoms with Crippen molar-refractivity contribution < 1.29 is 13.7 Å². The van der Waals surface area contributed by atoms with E-state index in [1.807, 2.05) is 68.6 Å². The van der Waals surface area contributed by atoms with Gasteiger partial charge in [-0.05, 0) is 79.8 Å². The summed E-state index contributed by atoms with van der Waals surface area (Å²) in [5, 5.41) is 7.25. The van der Waals surface area contributed by atoms with Gasteiger partial charge in [-0.15, -0.1) is 11.8 Å². The fourth-order valence-corrected chi connectivity index (χ4v) is 4.60. The Bertz CT molecular complexity index is 1410. The second-order valence-corrected chi connectivity index (χ2v) is 9.14. The Balaban J connectivity index is 1.64. The minimum Gasteiger partial charge on any atom is -0.334 e. The molecule has 3 aromatic carbocycles. The van der Waals surface area contributed by atoms with Crippen LogP contribution in [0.2, 0.25) is 0 Å². The highest BCUT2D eigenvalue weighted by molar-refractivity contribution is 7.98. The van der Waals surface area contributed by atoms with Gasteiger partial charge in [-0.25, -0.2) is 9.18 Å². The lowest BCUT2D eigenvalue weighted by molar-refractivity contribution is 0.244. The molecular formula is C27H23FN4O2S. The monoisotopic (exact) mass is 486 g/mol. The third kappa shape index (κ3) is 4.44. The molecule has 4 aromatic rings. The smallest absolute Gasteiger partial charge is 0.326 e. The molecule has 1 aromatic heterocycles. The Morgan fingerprint density at radius 1 is 1.03 bits per heavy atom. The topological polar surface area (TPSA) is 71.3 Å². The highest BCUT2D eigenvalue weighted by Crippen LogP contribution is 2.39. The molecule has 1 N–H and O–H groups in total. The number of allylic oxidation sites excluding steroid dienone is 1. The van der Waals surface area contributed by atoms with Crippen LogP contribution in [0, 0.1) is 12.7 Å². The van der Waals surface area contributed by atoms with Gasteiger partial charge in [0.25, 0.3) is 5.89 Å². The molecule has 0 bridgehead atoms. The molecule has 0 radical (unpaired) electrons. The van der Waals surface area contributed by atoms with E-state index in [1.54, 1.807) is 28.8 Å². The number of aryl methyl sites for hydroxylation is 1. The quantitative estimate of drug-likeness (QED) is 0.322. The summed E-state index contributed by atoms with van der Waals surface area (Å²) < 4.78 is 19.1. The van der Waals surface area contributed by atoms with Crippen LogP contribution < -0.4 is 10.2 Å². The van der Waals surface area contributed by atoms with Crippen molar-refractivity contribution in [2.24, 2.45) is 0 Å². The number of rotatable bonds is 5. The van der Waals surface area contributed by atoms with Gasteiger partial charge in [0.15, 0.2) is 0 Å². The van der Waals surface area contributed by atoms with E-state index in [0.717, 1.165) is 21.7 Å². The standard InChI is InChI=1S/C27H23FN4O2S/c1-16-5-4-6-21(15-16)32-17(2)23(24(29-27(32)33)18-9-13-22(35-3)14-10-18)26-30-25(31-34-26)19-7-11-20(28)12-8-19/h4-15,24H,1-3H3,(H,29,33). The van der Waals surface area contributed by atoms with E-state index in [9.17, 15) is 9.18 Å². The van der Waals surface area contributed by atoms with E-state index < -0.39 is 6.04 Å². The summed E-state index contributed by atoms with van der Waals surface area (Å²) in [7, 11) is 0. The molecule has 0 fully saturated rings. The number of aromatic nitrogens is 2. The molecule has 5 rings (SSSR count). The number of nitrogens with one attached hydrogen (secondary N) is 1. The average Bonchev–Trinajstić information content (AvgIpc) is 3.34. The van der Waals surface area contributed by atoms with Crippen molar-refractivity contribution in [3.63, 3.8) is 0 Å². The maximum Gasteiger partial charge on any atom is 0.326 e. The predicted molar refractivity (Wildman–Crippen MR) is 135 cm³/mol. The van der Waals surface area contributed by atoms with Crippen LogP contribution in [0.4, 0.5) is 14.9 Å². The van der Waals surface area contributed by atoms with E-state index in [-0.39, 0.29) is 11.8 Å². The van der Waals surface area contributed by atoms with Gasteiger partial charge in [-0.2, -0.15) is 4.98 Å². The lowest BCUT2D eigenvalue weighted by atomic mass is 9.94. The summed E-state index contributed by atoms with van der Waals surface area (Å²) in [5.41, 5.74) is 4.70. The molecule has 2 amide bonds. The number of halogens is 1. The summed E-state index contributed by atoms with van der Waals surface area (Å²) in [6.07, 6.45) is 2.02. The van der Waals surface area contributed by atoms with Crippen LogP contribution in [0.3, 0.4) is 0 Å². The Morgan fingerprint density at radius 2 is 1.77 bits per heavy atom. The van der Waals surface area contributed by atoms with Crippen molar-refractivity contribution in [3.8, 4) is 11.4 Å². The summed E-state index contributed by atoms with van der Waals surface area (Å²) in [5.74, 6) is 0.294. The minimum atomic E-state index is -0.485.